The molecule has 0 spiro atoms. The molecule has 2 heterocycles. The Balaban J connectivity index is 2.19. The van der Waals surface area contributed by atoms with Crippen LogP contribution < -0.4 is 4.90 Å². The summed E-state index contributed by atoms with van der Waals surface area (Å²) >= 11 is 7.85. The topological polar surface area (TPSA) is 29.0 Å². The van der Waals surface area contributed by atoms with Crippen molar-refractivity contribution in [3.05, 3.63) is 40.0 Å². The largest absolute Gasteiger partial charge is 0.356 e. The Morgan fingerprint density at radius 1 is 1.12 bits per heavy atom. The predicted molar refractivity (Wildman–Crippen MR) is 110 cm³/mol. The molecule has 0 aliphatic rings. The Morgan fingerprint density at radius 3 is 2.60 bits per heavy atom. The fourth-order valence-corrected chi connectivity index (χ4v) is 4.17. The van der Waals surface area contributed by atoms with Crippen LogP contribution in [0.5, 0.6) is 0 Å². The van der Waals surface area contributed by atoms with Gasteiger partial charge in [0.2, 0.25) is 5.28 Å². The monoisotopic (exact) mass is 373 g/mol. The second kappa shape index (κ2) is 7.71. The molecule has 0 aliphatic carbocycles. The van der Waals surface area contributed by atoms with Crippen molar-refractivity contribution in [1.29, 1.82) is 0 Å². The third kappa shape index (κ3) is 3.65. The molecule has 2 aromatic heterocycles. The highest BCUT2D eigenvalue weighted by atomic mass is 35.5. The van der Waals surface area contributed by atoms with Crippen LogP contribution in [-0.2, 0) is 0 Å². The number of hydrogen-bond acceptors (Lipinski definition) is 4. The van der Waals surface area contributed by atoms with Crippen LogP contribution in [-0.4, -0.2) is 23.1 Å². The highest BCUT2D eigenvalue weighted by Gasteiger charge is 2.18. The van der Waals surface area contributed by atoms with Crippen molar-refractivity contribution >= 4 is 39.0 Å². The lowest BCUT2D eigenvalue weighted by Crippen LogP contribution is -2.25. The Hall–Kier alpha value is -1.65. The van der Waals surface area contributed by atoms with E-state index in [0.29, 0.717) is 5.28 Å². The van der Waals surface area contributed by atoms with Crippen LogP contribution in [0.4, 0.5) is 5.82 Å². The zero-order chi connectivity index (χ0) is 18.0. The summed E-state index contributed by atoms with van der Waals surface area (Å²) in [7, 11) is 0. The van der Waals surface area contributed by atoms with Gasteiger partial charge in [0.05, 0.1) is 5.39 Å². The maximum absolute atomic E-state index is 6.22. The summed E-state index contributed by atoms with van der Waals surface area (Å²) in [5.74, 6) is 0.959. The van der Waals surface area contributed by atoms with Crippen LogP contribution in [0.25, 0.3) is 21.3 Å². The molecule has 3 rings (SSSR count). The molecule has 0 N–H and O–H groups in total. The first-order chi connectivity index (χ1) is 12.0. The molecule has 132 valence electrons. The van der Waals surface area contributed by atoms with E-state index in [-0.39, 0.29) is 0 Å². The van der Waals surface area contributed by atoms with Gasteiger partial charge in [-0.2, -0.15) is 4.98 Å². The molecule has 0 saturated carbocycles. The van der Waals surface area contributed by atoms with E-state index >= 15 is 0 Å². The second-order valence-electron chi connectivity index (χ2n) is 6.38. The number of anilines is 1. The van der Waals surface area contributed by atoms with Gasteiger partial charge in [0, 0.05) is 24.0 Å². The van der Waals surface area contributed by atoms with Gasteiger partial charge in [-0.3, -0.25) is 0 Å². The summed E-state index contributed by atoms with van der Waals surface area (Å²) in [4.78, 5) is 12.3. The van der Waals surface area contributed by atoms with E-state index in [2.05, 4.69) is 66.1 Å². The molecule has 0 bridgehead atoms. The average molecular weight is 374 g/mol. The molecule has 0 amide bonds. The Bertz CT molecular complexity index is 888. The lowest BCUT2D eigenvalue weighted by molar-refractivity contribution is 0.726. The molecule has 0 radical (unpaired) electrons. The van der Waals surface area contributed by atoms with Gasteiger partial charge in [-0.05, 0) is 55.5 Å². The normalized spacial score (nSPS) is 11.2. The number of aromatic nitrogens is 2. The quantitative estimate of drug-likeness (QED) is 0.478. The molecule has 0 unspecified atom stereocenters. The summed E-state index contributed by atoms with van der Waals surface area (Å²) in [6.45, 7) is 10.6. The van der Waals surface area contributed by atoms with Crippen molar-refractivity contribution in [2.24, 2.45) is 0 Å². The number of rotatable bonds is 6. The summed E-state index contributed by atoms with van der Waals surface area (Å²) in [5.41, 5.74) is 5.02. The molecule has 0 atom stereocenters. The van der Waals surface area contributed by atoms with Crippen molar-refractivity contribution in [1.82, 2.24) is 9.97 Å². The highest BCUT2D eigenvalue weighted by Crippen LogP contribution is 2.39. The fraction of sp³-hybridized carbons (Fsp3) is 0.400. The van der Waals surface area contributed by atoms with Gasteiger partial charge in [-0.1, -0.05) is 31.5 Å². The minimum atomic E-state index is 0.325. The van der Waals surface area contributed by atoms with Gasteiger partial charge in [-0.15, -0.1) is 11.3 Å². The minimum absolute atomic E-state index is 0.325. The smallest absolute Gasteiger partial charge is 0.225 e. The maximum atomic E-state index is 6.22. The van der Waals surface area contributed by atoms with Gasteiger partial charge in [-0.25, -0.2) is 4.98 Å². The zero-order valence-electron chi connectivity index (χ0n) is 15.3. The Labute approximate surface area is 158 Å². The number of hydrogen-bond donors (Lipinski definition) is 0. The Kier molecular flexibility index (Phi) is 5.60. The molecule has 25 heavy (non-hydrogen) atoms. The van der Waals surface area contributed by atoms with Gasteiger partial charge in [0.15, 0.2) is 0 Å². The molecular weight excluding hydrogens is 350 g/mol. The number of aryl methyl sites for hydroxylation is 2. The van der Waals surface area contributed by atoms with E-state index in [4.69, 9.17) is 11.6 Å². The second-order valence-corrected chi connectivity index (χ2v) is 7.57. The van der Waals surface area contributed by atoms with Gasteiger partial charge in [0.25, 0.3) is 0 Å². The first-order valence-corrected chi connectivity index (χ1v) is 10.1. The highest BCUT2D eigenvalue weighted by molar-refractivity contribution is 7.17. The number of thiophene rings is 1. The fourth-order valence-electron chi connectivity index (χ4n) is 3.01. The van der Waals surface area contributed by atoms with E-state index < -0.39 is 0 Å². The summed E-state index contributed by atoms with van der Waals surface area (Å²) < 4.78 is 0. The van der Waals surface area contributed by atoms with E-state index in [0.717, 1.165) is 42.0 Å². The molecular formula is C20H24ClN3S. The van der Waals surface area contributed by atoms with Gasteiger partial charge < -0.3 is 4.90 Å². The van der Waals surface area contributed by atoms with Crippen molar-refractivity contribution in [3.63, 3.8) is 0 Å². The lowest BCUT2D eigenvalue weighted by atomic mass is 10.0. The SMILES string of the molecule is CCCCN(CC)c1nc(Cl)nc2scc(-c3ccc(C)c(C)c3)c12. The van der Waals surface area contributed by atoms with E-state index in [1.54, 1.807) is 11.3 Å². The summed E-state index contributed by atoms with van der Waals surface area (Å²) in [6.07, 6.45) is 2.30. The number of nitrogens with zero attached hydrogens (tertiary/aromatic N) is 3. The molecule has 0 fully saturated rings. The molecule has 3 aromatic rings. The molecule has 3 nitrogen and oxygen atoms in total. The van der Waals surface area contributed by atoms with Crippen LogP contribution in [0, 0.1) is 13.8 Å². The number of halogens is 1. The van der Waals surface area contributed by atoms with Crippen LogP contribution >= 0.6 is 22.9 Å². The van der Waals surface area contributed by atoms with Gasteiger partial charge in [0.1, 0.15) is 10.6 Å². The lowest BCUT2D eigenvalue weighted by Gasteiger charge is -2.23. The third-order valence-electron chi connectivity index (χ3n) is 4.67. The van der Waals surface area contributed by atoms with Gasteiger partial charge >= 0.3 is 0 Å². The Morgan fingerprint density at radius 2 is 1.92 bits per heavy atom. The van der Waals surface area contributed by atoms with Crippen LogP contribution in [0.1, 0.15) is 37.8 Å². The average Bonchev–Trinajstić information content (AvgIpc) is 3.01. The summed E-state index contributed by atoms with van der Waals surface area (Å²) in [6, 6.07) is 6.61. The number of fused-ring (bicyclic) bond motifs is 1. The minimum Gasteiger partial charge on any atom is -0.356 e. The van der Waals surface area contributed by atoms with Crippen molar-refractivity contribution in [3.8, 4) is 11.1 Å². The predicted octanol–water partition coefficient (Wildman–Crippen LogP) is 6.25. The molecule has 0 saturated heterocycles. The molecule has 5 heteroatoms. The maximum Gasteiger partial charge on any atom is 0.225 e. The van der Waals surface area contributed by atoms with Crippen LogP contribution in [0.3, 0.4) is 0 Å². The zero-order valence-corrected chi connectivity index (χ0v) is 16.8. The first kappa shape index (κ1) is 18.2. The van der Waals surface area contributed by atoms with E-state index in [1.165, 1.54) is 22.3 Å². The summed E-state index contributed by atoms with van der Waals surface area (Å²) in [5, 5.41) is 3.62. The van der Waals surface area contributed by atoms with E-state index in [9.17, 15) is 0 Å². The van der Waals surface area contributed by atoms with E-state index in [1.807, 2.05) is 0 Å². The third-order valence-corrected chi connectivity index (χ3v) is 5.71. The molecule has 1 aromatic carbocycles. The van der Waals surface area contributed by atoms with Crippen molar-refractivity contribution < 1.29 is 0 Å². The first-order valence-electron chi connectivity index (χ1n) is 8.82. The molecule has 0 aliphatic heterocycles. The van der Waals surface area contributed by atoms with Crippen molar-refractivity contribution in [2.45, 2.75) is 40.5 Å². The van der Waals surface area contributed by atoms with Crippen LogP contribution in [0.2, 0.25) is 5.28 Å². The number of unbranched alkanes of at least 4 members (excludes halogenated alkanes) is 1. The standard InChI is InChI=1S/C20H24ClN3S/c1-5-7-10-24(6-2)18-17-16(12-25-19(17)23-20(21)22-18)15-9-8-13(3)14(4)11-15/h8-9,11-12H,5-7,10H2,1-4H3. The van der Waals surface area contributed by atoms with Crippen LogP contribution in [0.15, 0.2) is 23.6 Å². The number of benzene rings is 1. The van der Waals surface area contributed by atoms with Crippen molar-refractivity contribution in [2.75, 3.05) is 18.0 Å².